The fourth-order valence-electron chi connectivity index (χ4n) is 1.66. The molecule has 0 saturated heterocycles. The van der Waals surface area contributed by atoms with E-state index in [4.69, 9.17) is 0 Å². The molecule has 0 saturated carbocycles. The largest absolute Gasteiger partial charge is 0.264 e. The summed E-state index contributed by atoms with van der Waals surface area (Å²) >= 11 is 0. The van der Waals surface area contributed by atoms with Crippen LogP contribution in [0.5, 0.6) is 0 Å². The number of fused-ring (bicyclic) bond motifs is 1. The molecule has 2 rings (SSSR count). The van der Waals surface area contributed by atoms with Crippen LogP contribution in [0.25, 0.3) is 12.2 Å². The van der Waals surface area contributed by atoms with Crippen molar-refractivity contribution >= 4 is 12.2 Å². The highest BCUT2D eigenvalue weighted by Gasteiger charge is 1.94. The van der Waals surface area contributed by atoms with E-state index in [0.29, 0.717) is 0 Å². The molecule has 0 bridgehead atoms. The molecule has 1 aromatic rings. The lowest BCUT2D eigenvalue weighted by Crippen LogP contribution is -2.27. The summed E-state index contributed by atoms with van der Waals surface area (Å²) in [5, 5.41) is 2.70. The van der Waals surface area contributed by atoms with Crippen molar-refractivity contribution in [3.05, 3.63) is 28.4 Å². The molecule has 0 fully saturated rings. The predicted octanol–water partition coefficient (Wildman–Crippen LogP) is 1.13. The number of pyridine rings is 1. The van der Waals surface area contributed by atoms with Crippen molar-refractivity contribution in [2.45, 2.75) is 26.2 Å². The highest BCUT2D eigenvalue weighted by atomic mass is 14.6. The third-order valence-corrected chi connectivity index (χ3v) is 2.34. The summed E-state index contributed by atoms with van der Waals surface area (Å²) in [7, 11) is 0. The average molecular weight is 159 g/mol. The summed E-state index contributed by atoms with van der Waals surface area (Å²) in [6.07, 6.45) is 12.2. The summed E-state index contributed by atoms with van der Waals surface area (Å²) in [5.41, 5.74) is 1.30. The zero-order valence-electron chi connectivity index (χ0n) is 7.38. The number of rotatable bonds is 0. The van der Waals surface area contributed by atoms with E-state index in [-0.39, 0.29) is 0 Å². The van der Waals surface area contributed by atoms with Crippen molar-refractivity contribution < 1.29 is 0 Å². The molecule has 1 heteroatoms. The Labute approximate surface area is 72.5 Å². The maximum absolute atomic E-state index is 4.19. The van der Waals surface area contributed by atoms with Crippen LogP contribution >= 0.6 is 0 Å². The van der Waals surface area contributed by atoms with E-state index >= 15 is 0 Å². The van der Waals surface area contributed by atoms with E-state index in [0.717, 1.165) is 0 Å². The summed E-state index contributed by atoms with van der Waals surface area (Å²) < 4.78 is 0. The number of hydrogen-bond acceptors (Lipinski definition) is 1. The van der Waals surface area contributed by atoms with Crippen LogP contribution in [0.4, 0.5) is 0 Å². The Bertz CT molecular complexity index is 390. The number of hydrogen-bond donors (Lipinski definition) is 0. The van der Waals surface area contributed by atoms with Crippen LogP contribution in [0.15, 0.2) is 12.4 Å². The van der Waals surface area contributed by atoms with Crippen LogP contribution in [0.2, 0.25) is 0 Å². The lowest BCUT2D eigenvalue weighted by Gasteiger charge is -1.92. The minimum Gasteiger partial charge on any atom is -0.264 e. The van der Waals surface area contributed by atoms with E-state index in [1.54, 1.807) is 0 Å². The van der Waals surface area contributed by atoms with Crippen LogP contribution < -0.4 is 10.4 Å². The number of aromatic nitrogens is 1. The fourth-order valence-corrected chi connectivity index (χ4v) is 1.66. The van der Waals surface area contributed by atoms with Gasteiger partial charge in [0.25, 0.3) is 0 Å². The maximum Gasteiger partial charge on any atom is 0.0343 e. The molecular formula is C11H13N. The molecule has 0 N–H and O–H groups in total. The minimum atomic E-state index is 1.19. The lowest BCUT2D eigenvalue weighted by atomic mass is 10.2. The standard InChI is InChI=1S/C11H13N/c1-9-7-12-8-10-5-3-2-4-6-11(9)10/h5-8H,2-4H2,1H3. The quantitative estimate of drug-likeness (QED) is 0.553. The fraction of sp³-hybridized carbons (Fsp3) is 0.364. The second kappa shape index (κ2) is 3.10. The third kappa shape index (κ3) is 1.27. The predicted molar refractivity (Wildman–Crippen MR) is 51.0 cm³/mol. The van der Waals surface area contributed by atoms with Gasteiger partial charge in [-0.1, -0.05) is 12.2 Å². The van der Waals surface area contributed by atoms with Crippen molar-refractivity contribution in [2.24, 2.45) is 0 Å². The zero-order valence-corrected chi connectivity index (χ0v) is 7.38. The smallest absolute Gasteiger partial charge is 0.0343 e. The van der Waals surface area contributed by atoms with Gasteiger partial charge in [0.15, 0.2) is 0 Å². The van der Waals surface area contributed by atoms with Crippen LogP contribution in [-0.2, 0) is 0 Å². The van der Waals surface area contributed by atoms with E-state index in [1.165, 1.54) is 35.3 Å². The Balaban J connectivity index is 2.79. The van der Waals surface area contributed by atoms with Crippen molar-refractivity contribution in [3.63, 3.8) is 0 Å². The maximum atomic E-state index is 4.19. The molecule has 62 valence electrons. The highest BCUT2D eigenvalue weighted by molar-refractivity contribution is 5.35. The minimum absolute atomic E-state index is 1.19. The van der Waals surface area contributed by atoms with E-state index in [1.807, 2.05) is 12.4 Å². The molecule has 0 unspecified atom stereocenters. The molecule has 1 aromatic heterocycles. The number of nitrogens with zero attached hydrogens (tertiary/aromatic N) is 1. The molecule has 1 aliphatic carbocycles. The lowest BCUT2D eigenvalue weighted by molar-refractivity contribution is 0.924. The van der Waals surface area contributed by atoms with Gasteiger partial charge in [-0.05, 0) is 42.2 Å². The van der Waals surface area contributed by atoms with Gasteiger partial charge >= 0.3 is 0 Å². The van der Waals surface area contributed by atoms with Gasteiger partial charge in [-0.15, -0.1) is 0 Å². The van der Waals surface area contributed by atoms with Gasteiger partial charge in [0.1, 0.15) is 0 Å². The Morgan fingerprint density at radius 2 is 2.00 bits per heavy atom. The molecule has 0 atom stereocenters. The highest BCUT2D eigenvalue weighted by Crippen LogP contribution is 1.99. The Hall–Kier alpha value is -1.11. The van der Waals surface area contributed by atoms with Gasteiger partial charge in [-0.25, -0.2) is 0 Å². The topological polar surface area (TPSA) is 12.9 Å². The van der Waals surface area contributed by atoms with Gasteiger partial charge in [-0.3, -0.25) is 4.98 Å². The molecule has 1 aliphatic rings. The monoisotopic (exact) mass is 159 g/mol. The van der Waals surface area contributed by atoms with Crippen molar-refractivity contribution in [2.75, 3.05) is 0 Å². The second-order valence-corrected chi connectivity index (χ2v) is 3.30. The Morgan fingerprint density at radius 3 is 2.92 bits per heavy atom. The molecule has 0 aromatic carbocycles. The first-order valence-electron chi connectivity index (χ1n) is 4.49. The Morgan fingerprint density at radius 1 is 1.17 bits per heavy atom. The van der Waals surface area contributed by atoms with E-state index in [9.17, 15) is 0 Å². The molecule has 1 nitrogen and oxygen atoms in total. The van der Waals surface area contributed by atoms with Gasteiger partial charge in [0.05, 0.1) is 0 Å². The summed E-state index contributed by atoms with van der Waals surface area (Å²) in [4.78, 5) is 4.19. The van der Waals surface area contributed by atoms with Crippen LogP contribution in [0.3, 0.4) is 0 Å². The van der Waals surface area contributed by atoms with Gasteiger partial charge in [0.2, 0.25) is 0 Å². The number of aryl methyl sites for hydroxylation is 1. The van der Waals surface area contributed by atoms with Crippen molar-refractivity contribution in [3.8, 4) is 0 Å². The van der Waals surface area contributed by atoms with E-state index in [2.05, 4.69) is 24.1 Å². The second-order valence-electron chi connectivity index (χ2n) is 3.30. The molecule has 0 aliphatic heterocycles. The van der Waals surface area contributed by atoms with Crippen molar-refractivity contribution in [1.29, 1.82) is 0 Å². The van der Waals surface area contributed by atoms with E-state index < -0.39 is 0 Å². The summed E-state index contributed by atoms with van der Waals surface area (Å²) in [5.74, 6) is 0. The van der Waals surface area contributed by atoms with Crippen LogP contribution in [0, 0.1) is 6.92 Å². The van der Waals surface area contributed by atoms with Crippen LogP contribution in [-0.4, -0.2) is 4.98 Å². The average Bonchev–Trinajstić information content (AvgIpc) is 2.30. The molecular weight excluding hydrogens is 146 g/mol. The van der Waals surface area contributed by atoms with Crippen LogP contribution in [0.1, 0.15) is 24.8 Å². The molecule has 1 heterocycles. The molecule has 0 amide bonds. The first-order valence-corrected chi connectivity index (χ1v) is 4.49. The Kier molecular flexibility index (Phi) is 1.94. The van der Waals surface area contributed by atoms with Gasteiger partial charge in [-0.2, -0.15) is 0 Å². The van der Waals surface area contributed by atoms with Crippen molar-refractivity contribution in [1.82, 2.24) is 4.98 Å². The first-order chi connectivity index (χ1) is 5.88. The molecule has 0 spiro atoms. The summed E-state index contributed by atoms with van der Waals surface area (Å²) in [6.45, 7) is 2.13. The third-order valence-electron chi connectivity index (χ3n) is 2.34. The first kappa shape index (κ1) is 7.53. The van der Waals surface area contributed by atoms with Gasteiger partial charge < -0.3 is 0 Å². The molecule has 12 heavy (non-hydrogen) atoms. The zero-order chi connectivity index (χ0) is 8.39. The SMILES string of the molecule is Cc1cncc2c1=CCCCC=2. The summed E-state index contributed by atoms with van der Waals surface area (Å²) in [6, 6.07) is 0. The molecule has 0 radical (unpaired) electrons. The normalized spacial score (nSPS) is 15.4. The van der Waals surface area contributed by atoms with Gasteiger partial charge in [0, 0.05) is 12.4 Å².